The zero-order valence-corrected chi connectivity index (χ0v) is 8.95. The lowest BCUT2D eigenvalue weighted by atomic mass is 9.61. The van der Waals surface area contributed by atoms with Gasteiger partial charge in [0.15, 0.2) is 0 Å². The van der Waals surface area contributed by atoms with Crippen LogP contribution in [0.25, 0.3) is 0 Å². The highest BCUT2D eigenvalue weighted by molar-refractivity contribution is 6.41. The van der Waals surface area contributed by atoms with E-state index in [1.807, 2.05) is 0 Å². The lowest BCUT2D eigenvalue weighted by Gasteiger charge is -2.21. The van der Waals surface area contributed by atoms with Gasteiger partial charge in [-0.25, -0.2) is 0 Å². The summed E-state index contributed by atoms with van der Waals surface area (Å²) in [7, 11) is 2.77. The van der Waals surface area contributed by atoms with Crippen LogP contribution in [-0.2, 0) is 11.6 Å². The Balaban J connectivity index is 3.30. The van der Waals surface area contributed by atoms with Gasteiger partial charge in [-0.2, -0.15) is 13.2 Å². The van der Waals surface area contributed by atoms with E-state index in [0.29, 0.717) is 0 Å². The zero-order valence-electron chi connectivity index (χ0n) is 8.19. The fraction of sp³-hybridized carbons (Fsp3) is 0.250. The van der Waals surface area contributed by atoms with Crippen molar-refractivity contribution in [1.82, 2.24) is 0 Å². The summed E-state index contributed by atoms with van der Waals surface area (Å²) in [6.45, 7) is 0. The molecule has 0 unspecified atom stereocenters. The molecular weight excluding hydrogens is 226 g/mol. The summed E-state index contributed by atoms with van der Waals surface area (Å²) < 4.78 is 37.1. The van der Waals surface area contributed by atoms with Crippen molar-refractivity contribution in [2.75, 3.05) is 0 Å². The van der Waals surface area contributed by atoms with Gasteiger partial charge in [0.05, 0.1) is 5.56 Å². The molecule has 0 saturated carbocycles. The maximum absolute atomic E-state index is 12.4. The largest absolute Gasteiger partial charge is 0.416 e. The molecule has 1 aromatic rings. The van der Waals surface area contributed by atoms with E-state index in [1.54, 1.807) is 0 Å². The minimum absolute atomic E-state index is 0.0685. The standard InChI is InChI=1S/C8H8B2ClF3O/c9-7(10,15)5-3-4(8(12,13)14)1-2-6(5)11/h1-3,15H,9-10H2. The van der Waals surface area contributed by atoms with Crippen LogP contribution < -0.4 is 0 Å². The van der Waals surface area contributed by atoms with Crippen molar-refractivity contribution in [2.45, 2.75) is 11.6 Å². The van der Waals surface area contributed by atoms with Crippen molar-refractivity contribution < 1.29 is 18.3 Å². The smallest absolute Gasteiger partial charge is 0.403 e. The Labute approximate surface area is 92.1 Å². The van der Waals surface area contributed by atoms with Gasteiger partial charge in [0.25, 0.3) is 0 Å². The van der Waals surface area contributed by atoms with Crippen LogP contribution in [0.4, 0.5) is 13.2 Å². The first-order valence-corrected chi connectivity index (χ1v) is 4.60. The summed E-state index contributed by atoms with van der Waals surface area (Å²) in [6.07, 6.45) is -4.43. The molecule has 0 saturated heterocycles. The second-order valence-electron chi connectivity index (χ2n) is 3.75. The third-order valence-electron chi connectivity index (χ3n) is 1.95. The molecule has 0 bridgehead atoms. The second-order valence-corrected chi connectivity index (χ2v) is 4.16. The summed E-state index contributed by atoms with van der Waals surface area (Å²) in [5, 5.41) is 8.34. The minimum atomic E-state index is -4.43. The number of aliphatic hydroxyl groups is 1. The fourth-order valence-electron chi connectivity index (χ4n) is 1.17. The minimum Gasteiger partial charge on any atom is -0.403 e. The van der Waals surface area contributed by atoms with E-state index in [2.05, 4.69) is 0 Å². The predicted octanol–water partition coefficient (Wildman–Crippen LogP) is 0.728. The van der Waals surface area contributed by atoms with Gasteiger partial charge in [0.2, 0.25) is 0 Å². The van der Waals surface area contributed by atoms with Gasteiger partial charge in [-0.3, -0.25) is 0 Å². The maximum atomic E-state index is 12.4. The molecule has 0 aliphatic carbocycles. The lowest BCUT2D eigenvalue weighted by Crippen LogP contribution is -2.27. The third kappa shape index (κ3) is 2.92. The Morgan fingerprint density at radius 3 is 2.13 bits per heavy atom. The quantitative estimate of drug-likeness (QED) is 0.710. The molecule has 1 rings (SSSR count). The number of alkyl halides is 3. The van der Waals surface area contributed by atoms with E-state index < -0.39 is 17.1 Å². The van der Waals surface area contributed by atoms with Gasteiger partial charge >= 0.3 is 6.18 Å². The molecular formula is C8H8B2ClF3O. The van der Waals surface area contributed by atoms with E-state index in [4.69, 9.17) is 11.6 Å². The Bertz CT molecular complexity index is 373. The molecule has 0 aromatic heterocycles. The van der Waals surface area contributed by atoms with Crippen molar-refractivity contribution in [3.8, 4) is 0 Å². The lowest BCUT2D eigenvalue weighted by molar-refractivity contribution is -0.137. The molecule has 15 heavy (non-hydrogen) atoms. The highest BCUT2D eigenvalue weighted by Crippen LogP contribution is 2.33. The number of halogens is 4. The van der Waals surface area contributed by atoms with Crippen molar-refractivity contribution in [2.24, 2.45) is 0 Å². The average molecular weight is 234 g/mol. The number of benzene rings is 1. The third-order valence-corrected chi connectivity index (χ3v) is 2.28. The summed E-state index contributed by atoms with van der Waals surface area (Å²) in [5.74, 6) is 0. The monoisotopic (exact) mass is 234 g/mol. The normalized spacial score (nSPS) is 12.9. The first-order valence-electron chi connectivity index (χ1n) is 4.22. The van der Waals surface area contributed by atoms with E-state index in [9.17, 15) is 18.3 Å². The summed E-state index contributed by atoms with van der Waals surface area (Å²) in [6, 6.07) is 2.89. The second kappa shape index (κ2) is 3.76. The van der Waals surface area contributed by atoms with Crippen LogP contribution in [0.5, 0.6) is 0 Å². The van der Waals surface area contributed by atoms with Crippen LogP contribution in [0, 0.1) is 0 Å². The maximum Gasteiger partial charge on any atom is 0.416 e. The summed E-state index contributed by atoms with van der Waals surface area (Å²) in [4.78, 5) is 0. The summed E-state index contributed by atoms with van der Waals surface area (Å²) >= 11 is 5.70. The molecule has 0 aliphatic heterocycles. The van der Waals surface area contributed by atoms with Crippen LogP contribution in [0.15, 0.2) is 18.2 Å². The Kier molecular flexibility index (Phi) is 3.12. The van der Waals surface area contributed by atoms with Crippen LogP contribution in [-0.4, -0.2) is 20.8 Å². The van der Waals surface area contributed by atoms with Gasteiger partial charge in [0.1, 0.15) is 15.7 Å². The molecule has 1 N–H and O–H groups in total. The Morgan fingerprint density at radius 2 is 1.73 bits per heavy atom. The van der Waals surface area contributed by atoms with Crippen LogP contribution >= 0.6 is 11.6 Å². The van der Waals surface area contributed by atoms with Gasteiger partial charge in [0, 0.05) is 10.4 Å². The molecule has 0 spiro atoms. The number of hydrogen-bond acceptors (Lipinski definition) is 1. The topological polar surface area (TPSA) is 20.2 Å². The highest BCUT2D eigenvalue weighted by atomic mass is 35.5. The van der Waals surface area contributed by atoms with Gasteiger partial charge < -0.3 is 5.11 Å². The molecule has 0 heterocycles. The first-order chi connectivity index (χ1) is 6.62. The van der Waals surface area contributed by atoms with E-state index in [0.717, 1.165) is 18.2 Å². The molecule has 1 aromatic carbocycles. The molecule has 0 atom stereocenters. The Morgan fingerprint density at radius 1 is 1.20 bits per heavy atom. The van der Waals surface area contributed by atoms with Crippen molar-refractivity contribution in [3.05, 3.63) is 34.3 Å². The molecule has 0 radical (unpaired) electrons. The van der Waals surface area contributed by atoms with Gasteiger partial charge in [-0.1, -0.05) is 11.6 Å². The zero-order chi connectivity index (χ0) is 11.9. The van der Waals surface area contributed by atoms with Crippen molar-refractivity contribution in [1.29, 1.82) is 0 Å². The number of rotatable bonds is 1. The van der Waals surface area contributed by atoms with E-state index in [1.165, 1.54) is 15.7 Å². The van der Waals surface area contributed by atoms with Crippen molar-refractivity contribution in [3.63, 3.8) is 0 Å². The highest BCUT2D eigenvalue weighted by Gasteiger charge is 2.32. The van der Waals surface area contributed by atoms with E-state index in [-0.39, 0.29) is 10.6 Å². The van der Waals surface area contributed by atoms with Crippen molar-refractivity contribution >= 4 is 27.3 Å². The molecule has 7 heteroatoms. The van der Waals surface area contributed by atoms with Crippen LogP contribution in [0.1, 0.15) is 11.1 Å². The first kappa shape index (κ1) is 12.5. The molecule has 0 fully saturated rings. The van der Waals surface area contributed by atoms with Gasteiger partial charge in [-0.15, -0.1) is 0 Å². The Hall–Kier alpha value is -0.610. The van der Waals surface area contributed by atoms with Gasteiger partial charge in [-0.05, 0) is 23.8 Å². The molecule has 0 aliphatic rings. The fourth-order valence-corrected chi connectivity index (χ4v) is 1.52. The number of hydrogen-bond donors (Lipinski definition) is 1. The van der Waals surface area contributed by atoms with Crippen LogP contribution in [0.2, 0.25) is 5.02 Å². The van der Waals surface area contributed by atoms with Crippen LogP contribution in [0.3, 0.4) is 0 Å². The summed E-state index contributed by atoms with van der Waals surface area (Å²) in [5.41, 5.74) is -0.747. The molecule has 1 nitrogen and oxygen atoms in total. The van der Waals surface area contributed by atoms with E-state index >= 15 is 0 Å². The average Bonchev–Trinajstić information content (AvgIpc) is 2.00. The SMILES string of the molecule is BC(B)(O)c1cc(C(F)(F)F)ccc1Cl. The predicted molar refractivity (Wildman–Crippen MR) is 57.4 cm³/mol. The molecule has 0 amide bonds. The molecule has 80 valence electrons.